The lowest BCUT2D eigenvalue weighted by molar-refractivity contribution is -0.116. The van der Waals surface area contributed by atoms with Crippen LogP contribution in [0.4, 0.5) is 11.4 Å². The third kappa shape index (κ3) is 8.81. The first-order chi connectivity index (χ1) is 21.9. The van der Waals surface area contributed by atoms with E-state index in [0.717, 1.165) is 31.7 Å². The Morgan fingerprint density at radius 1 is 0.733 bits per heavy atom. The van der Waals surface area contributed by atoms with Gasteiger partial charge in [-0.15, -0.1) is 11.8 Å². The first-order valence-corrected chi connectivity index (χ1v) is 15.9. The summed E-state index contributed by atoms with van der Waals surface area (Å²) in [5.41, 5.74) is 4.44. The summed E-state index contributed by atoms with van der Waals surface area (Å²) in [6.45, 7) is 1.96. The zero-order valence-electron chi connectivity index (χ0n) is 24.4. The zero-order chi connectivity index (χ0) is 31.6. The number of benzene rings is 5. The van der Waals surface area contributed by atoms with Crippen molar-refractivity contribution in [2.24, 2.45) is 0 Å². The highest BCUT2D eigenvalue weighted by Gasteiger charge is 2.23. The van der Waals surface area contributed by atoms with E-state index in [-0.39, 0.29) is 11.6 Å². The minimum Gasteiger partial charge on any atom is -0.325 e. The zero-order valence-corrected chi connectivity index (χ0v) is 26.8. The van der Waals surface area contributed by atoms with Crippen LogP contribution in [0, 0.1) is 6.92 Å². The average molecular weight is 677 g/mol. The third-order valence-corrected chi connectivity index (χ3v) is 8.56. The van der Waals surface area contributed by atoms with Crippen LogP contribution in [0.2, 0.25) is 0 Å². The van der Waals surface area contributed by atoms with Crippen LogP contribution >= 0.6 is 27.7 Å². The second kappa shape index (κ2) is 15.2. The Balaban J connectivity index is 1.33. The predicted molar refractivity (Wildman–Crippen MR) is 186 cm³/mol. The van der Waals surface area contributed by atoms with E-state index < -0.39 is 17.1 Å². The van der Waals surface area contributed by atoms with Crippen molar-refractivity contribution in [1.82, 2.24) is 5.32 Å². The van der Waals surface area contributed by atoms with Crippen LogP contribution in [0.25, 0.3) is 6.08 Å². The van der Waals surface area contributed by atoms with Crippen molar-refractivity contribution in [1.29, 1.82) is 0 Å². The van der Waals surface area contributed by atoms with Gasteiger partial charge in [-0.2, -0.15) is 0 Å². The number of hydrogen-bond donors (Lipinski definition) is 3. The molecule has 0 spiro atoms. The number of aryl methyl sites for hydroxylation is 1. The van der Waals surface area contributed by atoms with Gasteiger partial charge in [-0.25, -0.2) is 0 Å². The molecule has 1 unspecified atom stereocenters. The Kier molecular flexibility index (Phi) is 10.6. The standard InChI is InChI=1S/C37H30BrN3O3S/c1-25-11-8-9-18-32(25)40-37(44)34(27-13-4-2-5-14-27)45-31-21-19-30(20-22-31)39-36(43)33(24-26-12-10-17-29(38)23-26)41-35(42)28-15-6-3-7-16-28/h2-24,34H,1H3,(H,39,43)(H,40,44)(H,41,42)/b33-24-. The first kappa shape index (κ1) is 31.5. The molecule has 0 saturated carbocycles. The van der Waals surface area contributed by atoms with Gasteiger partial charge in [0, 0.05) is 26.3 Å². The third-order valence-electron chi connectivity index (χ3n) is 6.80. The maximum atomic E-state index is 13.5. The molecule has 5 aromatic carbocycles. The summed E-state index contributed by atoms with van der Waals surface area (Å²) >= 11 is 4.87. The molecule has 6 nitrogen and oxygen atoms in total. The summed E-state index contributed by atoms with van der Waals surface area (Å²) in [6.07, 6.45) is 1.63. The number of carbonyl (C=O) groups is 3. The lowest BCUT2D eigenvalue weighted by Gasteiger charge is -2.18. The number of halogens is 1. The molecule has 5 aromatic rings. The monoisotopic (exact) mass is 675 g/mol. The van der Waals surface area contributed by atoms with Gasteiger partial charge in [-0.1, -0.05) is 94.8 Å². The van der Waals surface area contributed by atoms with Crippen molar-refractivity contribution >= 4 is 62.9 Å². The topological polar surface area (TPSA) is 87.3 Å². The van der Waals surface area contributed by atoms with Crippen LogP contribution in [0.5, 0.6) is 0 Å². The summed E-state index contributed by atoms with van der Waals surface area (Å²) in [4.78, 5) is 40.7. The Morgan fingerprint density at radius 2 is 1.40 bits per heavy atom. The molecule has 1 atom stereocenters. The number of carbonyl (C=O) groups excluding carboxylic acids is 3. The molecule has 0 bridgehead atoms. The Bertz CT molecular complexity index is 1830. The number of para-hydroxylation sites is 1. The average Bonchev–Trinajstić information content (AvgIpc) is 3.06. The number of amides is 3. The van der Waals surface area contributed by atoms with Crippen molar-refractivity contribution in [2.75, 3.05) is 10.6 Å². The second-order valence-corrected chi connectivity index (χ2v) is 12.2. The summed E-state index contributed by atoms with van der Waals surface area (Å²) in [6, 6.07) is 40.7. The van der Waals surface area contributed by atoms with Gasteiger partial charge in [-0.3, -0.25) is 14.4 Å². The van der Waals surface area contributed by atoms with Crippen molar-refractivity contribution in [2.45, 2.75) is 17.1 Å². The van der Waals surface area contributed by atoms with E-state index in [1.807, 2.05) is 104 Å². The Hall–Kier alpha value is -4.92. The van der Waals surface area contributed by atoms with Gasteiger partial charge < -0.3 is 16.0 Å². The maximum absolute atomic E-state index is 13.5. The lowest BCUT2D eigenvalue weighted by Crippen LogP contribution is -2.30. The van der Waals surface area contributed by atoms with Crippen molar-refractivity contribution in [3.63, 3.8) is 0 Å². The minimum absolute atomic E-state index is 0.0948. The Morgan fingerprint density at radius 3 is 2.09 bits per heavy atom. The summed E-state index contributed by atoms with van der Waals surface area (Å²) in [5.74, 6) is -0.997. The molecule has 0 fully saturated rings. The molecule has 0 aromatic heterocycles. The van der Waals surface area contributed by atoms with Gasteiger partial charge in [0.25, 0.3) is 11.8 Å². The summed E-state index contributed by atoms with van der Waals surface area (Å²) < 4.78 is 0.847. The van der Waals surface area contributed by atoms with E-state index in [9.17, 15) is 14.4 Å². The van der Waals surface area contributed by atoms with Crippen molar-refractivity contribution in [3.8, 4) is 0 Å². The molecular weight excluding hydrogens is 646 g/mol. The minimum atomic E-state index is -0.501. The number of thioether (sulfide) groups is 1. The Labute approximate surface area is 275 Å². The number of anilines is 2. The molecular formula is C37H30BrN3O3S. The molecule has 0 aliphatic heterocycles. The molecule has 3 amide bonds. The fourth-order valence-electron chi connectivity index (χ4n) is 4.47. The van der Waals surface area contributed by atoms with Crippen LogP contribution in [-0.4, -0.2) is 17.7 Å². The van der Waals surface area contributed by atoms with Gasteiger partial charge in [-0.05, 0) is 84.3 Å². The smallest absolute Gasteiger partial charge is 0.272 e. The molecule has 224 valence electrons. The van der Waals surface area contributed by atoms with Gasteiger partial charge in [0.1, 0.15) is 10.9 Å². The van der Waals surface area contributed by atoms with Crippen LogP contribution in [0.1, 0.15) is 32.3 Å². The molecule has 0 heterocycles. The normalized spacial score (nSPS) is 11.7. The fraction of sp³-hybridized carbons (Fsp3) is 0.0541. The van der Waals surface area contributed by atoms with Crippen LogP contribution < -0.4 is 16.0 Å². The number of hydrogen-bond acceptors (Lipinski definition) is 4. The molecule has 3 N–H and O–H groups in total. The van der Waals surface area contributed by atoms with E-state index in [2.05, 4.69) is 31.9 Å². The first-order valence-electron chi connectivity index (χ1n) is 14.2. The number of rotatable bonds is 10. The predicted octanol–water partition coefficient (Wildman–Crippen LogP) is 8.64. The summed E-state index contributed by atoms with van der Waals surface area (Å²) in [7, 11) is 0. The van der Waals surface area contributed by atoms with Crippen molar-refractivity contribution < 1.29 is 14.4 Å². The highest BCUT2D eigenvalue weighted by Crippen LogP contribution is 2.37. The molecule has 0 aliphatic rings. The van der Waals surface area contributed by atoms with Gasteiger partial charge in [0.2, 0.25) is 5.91 Å². The van der Waals surface area contributed by atoms with E-state index in [0.29, 0.717) is 11.3 Å². The molecule has 45 heavy (non-hydrogen) atoms. The largest absolute Gasteiger partial charge is 0.325 e. The van der Waals surface area contributed by atoms with Gasteiger partial charge in [0.05, 0.1) is 0 Å². The molecule has 5 rings (SSSR count). The molecule has 0 aliphatic carbocycles. The summed E-state index contributed by atoms with van der Waals surface area (Å²) in [5, 5.41) is 8.21. The number of nitrogens with one attached hydrogen (secondary N) is 3. The highest BCUT2D eigenvalue weighted by molar-refractivity contribution is 9.10. The van der Waals surface area contributed by atoms with Crippen LogP contribution in [-0.2, 0) is 9.59 Å². The SMILES string of the molecule is Cc1ccccc1NC(=O)C(Sc1ccc(NC(=O)/C(=C/c2cccc(Br)c2)NC(=O)c2ccccc2)cc1)c1ccccc1. The van der Waals surface area contributed by atoms with E-state index in [1.54, 1.807) is 42.5 Å². The van der Waals surface area contributed by atoms with Gasteiger partial charge >= 0.3 is 0 Å². The van der Waals surface area contributed by atoms with E-state index in [1.165, 1.54) is 11.8 Å². The maximum Gasteiger partial charge on any atom is 0.272 e. The molecule has 0 radical (unpaired) electrons. The fourth-order valence-corrected chi connectivity index (χ4v) is 5.91. The van der Waals surface area contributed by atoms with E-state index in [4.69, 9.17) is 0 Å². The lowest BCUT2D eigenvalue weighted by atomic mass is 10.1. The van der Waals surface area contributed by atoms with Crippen LogP contribution in [0.3, 0.4) is 0 Å². The quantitative estimate of drug-likeness (QED) is 0.102. The molecule has 0 saturated heterocycles. The highest BCUT2D eigenvalue weighted by atomic mass is 79.9. The van der Waals surface area contributed by atoms with Crippen molar-refractivity contribution in [3.05, 3.63) is 166 Å². The van der Waals surface area contributed by atoms with E-state index >= 15 is 0 Å². The van der Waals surface area contributed by atoms with Gasteiger partial charge in [0.15, 0.2) is 0 Å². The van der Waals surface area contributed by atoms with Crippen LogP contribution in [0.15, 0.2) is 149 Å². The second-order valence-electron chi connectivity index (χ2n) is 10.1. The molecule has 8 heteroatoms.